The Labute approximate surface area is 228 Å². The molecule has 7 nitrogen and oxygen atoms in total. The maximum absolute atomic E-state index is 13.7. The van der Waals surface area contributed by atoms with E-state index in [0.29, 0.717) is 16.8 Å². The Morgan fingerprint density at radius 3 is 2.29 bits per heavy atom. The van der Waals surface area contributed by atoms with Crippen LogP contribution >= 0.6 is 12.6 Å². The van der Waals surface area contributed by atoms with Crippen LogP contribution in [0.2, 0.25) is 0 Å². The summed E-state index contributed by atoms with van der Waals surface area (Å²) >= 11 is 4.22. The highest BCUT2D eigenvalue weighted by atomic mass is 32.1. The molecule has 2 unspecified atom stereocenters. The van der Waals surface area contributed by atoms with Gasteiger partial charge in [-0.2, -0.15) is 12.6 Å². The number of nitrogens with zero attached hydrogens (tertiary/aromatic N) is 1. The van der Waals surface area contributed by atoms with Crippen molar-refractivity contribution >= 4 is 47.0 Å². The van der Waals surface area contributed by atoms with Gasteiger partial charge >= 0.3 is 6.09 Å². The minimum Gasteiger partial charge on any atom is -0.444 e. The number of carbonyl (C=O) groups is 3. The molecule has 0 spiro atoms. The fourth-order valence-electron chi connectivity index (χ4n) is 3.81. The van der Waals surface area contributed by atoms with Gasteiger partial charge in [0, 0.05) is 28.6 Å². The molecule has 0 aliphatic rings. The highest BCUT2D eigenvalue weighted by Gasteiger charge is 2.36. The molecule has 3 rings (SSSR count). The molecule has 3 aromatic carbocycles. The van der Waals surface area contributed by atoms with Crippen molar-refractivity contribution < 1.29 is 19.1 Å². The molecule has 0 saturated heterocycles. The normalized spacial score (nSPS) is 12.4. The summed E-state index contributed by atoms with van der Waals surface area (Å²) in [4.78, 5) is 40.6. The second-order valence-corrected chi connectivity index (χ2v) is 9.77. The molecule has 2 N–H and O–H groups in total. The summed E-state index contributed by atoms with van der Waals surface area (Å²) in [5, 5.41) is 7.27. The van der Waals surface area contributed by atoms with E-state index < -0.39 is 35.6 Å². The van der Waals surface area contributed by atoms with Gasteiger partial charge in [-0.15, -0.1) is 6.42 Å². The van der Waals surface area contributed by atoms with E-state index in [2.05, 4.69) is 35.2 Å². The number of terminal acetylenes is 2. The van der Waals surface area contributed by atoms with Crippen LogP contribution in [-0.4, -0.2) is 40.2 Å². The van der Waals surface area contributed by atoms with Crippen molar-refractivity contribution in [3.8, 4) is 24.8 Å². The topological polar surface area (TPSA) is 87.7 Å². The van der Waals surface area contributed by atoms with Crippen molar-refractivity contribution in [2.75, 3.05) is 11.1 Å². The Morgan fingerprint density at radius 2 is 1.66 bits per heavy atom. The van der Waals surface area contributed by atoms with Crippen molar-refractivity contribution in [2.45, 2.75) is 38.5 Å². The van der Waals surface area contributed by atoms with Crippen LogP contribution in [0, 0.1) is 24.8 Å². The van der Waals surface area contributed by atoms with Crippen LogP contribution in [0.1, 0.15) is 37.9 Å². The first-order valence-corrected chi connectivity index (χ1v) is 12.5. The van der Waals surface area contributed by atoms with E-state index in [1.807, 2.05) is 36.4 Å². The van der Waals surface area contributed by atoms with Crippen molar-refractivity contribution in [2.24, 2.45) is 0 Å². The molecule has 194 valence electrons. The maximum atomic E-state index is 13.7. The van der Waals surface area contributed by atoms with E-state index in [-0.39, 0.29) is 5.75 Å². The Balaban J connectivity index is 1.99. The number of alkyl carbamates (subject to hydrolysis) is 1. The van der Waals surface area contributed by atoms with E-state index in [4.69, 9.17) is 17.6 Å². The van der Waals surface area contributed by atoms with Gasteiger partial charge in [-0.05, 0) is 49.7 Å². The zero-order valence-corrected chi connectivity index (χ0v) is 22.3. The van der Waals surface area contributed by atoms with Gasteiger partial charge in [0.05, 0.1) is 0 Å². The average Bonchev–Trinajstić information content (AvgIpc) is 2.88. The van der Waals surface area contributed by atoms with Crippen LogP contribution in [0.3, 0.4) is 0 Å². The molecule has 3 aromatic rings. The lowest BCUT2D eigenvalue weighted by molar-refractivity contribution is -0.136. The van der Waals surface area contributed by atoms with E-state index in [1.165, 1.54) is 0 Å². The Hall–Kier alpha value is -4.40. The molecular weight excluding hydrogens is 498 g/mol. The van der Waals surface area contributed by atoms with Crippen LogP contribution in [0.25, 0.3) is 10.8 Å². The highest BCUT2D eigenvalue weighted by molar-refractivity contribution is 7.80. The summed E-state index contributed by atoms with van der Waals surface area (Å²) in [5.41, 5.74) is 0.476. The number of hydrogen-bond donors (Lipinski definition) is 3. The van der Waals surface area contributed by atoms with Gasteiger partial charge in [-0.3, -0.25) is 14.5 Å². The summed E-state index contributed by atoms with van der Waals surface area (Å²) in [6.45, 7) is 5.09. The first-order chi connectivity index (χ1) is 18.1. The Kier molecular flexibility index (Phi) is 9.07. The van der Waals surface area contributed by atoms with Crippen LogP contribution in [0.4, 0.5) is 10.5 Å². The number of anilines is 1. The third-order valence-corrected chi connectivity index (χ3v) is 5.85. The number of ether oxygens (including phenoxy) is 1. The number of hydrogen-bond acceptors (Lipinski definition) is 5. The molecule has 0 bridgehead atoms. The highest BCUT2D eigenvalue weighted by Crippen LogP contribution is 2.27. The monoisotopic (exact) mass is 527 g/mol. The molecule has 38 heavy (non-hydrogen) atoms. The fraction of sp³-hybridized carbons (Fsp3) is 0.233. The summed E-state index contributed by atoms with van der Waals surface area (Å²) in [6.07, 6.45) is 10.7. The van der Waals surface area contributed by atoms with E-state index in [9.17, 15) is 14.4 Å². The zero-order valence-electron chi connectivity index (χ0n) is 21.4. The van der Waals surface area contributed by atoms with Crippen LogP contribution in [0.15, 0.2) is 66.7 Å². The third-order valence-electron chi connectivity index (χ3n) is 5.48. The quantitative estimate of drug-likeness (QED) is 0.235. The molecule has 2 atom stereocenters. The van der Waals surface area contributed by atoms with Gasteiger partial charge in [-0.1, -0.05) is 60.9 Å². The number of fused-ring (bicyclic) bond motifs is 1. The fourth-order valence-corrected chi connectivity index (χ4v) is 4.06. The minimum absolute atomic E-state index is 0.0912. The average molecular weight is 528 g/mol. The largest absolute Gasteiger partial charge is 0.444 e. The van der Waals surface area contributed by atoms with Crippen molar-refractivity contribution in [3.05, 3.63) is 77.9 Å². The van der Waals surface area contributed by atoms with Gasteiger partial charge < -0.3 is 15.4 Å². The molecule has 0 radical (unpaired) electrons. The van der Waals surface area contributed by atoms with Gasteiger partial charge in [0.25, 0.3) is 11.8 Å². The molecule has 8 heteroatoms. The maximum Gasteiger partial charge on any atom is 0.408 e. The molecule has 0 saturated carbocycles. The van der Waals surface area contributed by atoms with Crippen LogP contribution in [0.5, 0.6) is 0 Å². The second-order valence-electron chi connectivity index (χ2n) is 9.40. The van der Waals surface area contributed by atoms with E-state index in [1.54, 1.807) is 51.1 Å². The summed E-state index contributed by atoms with van der Waals surface area (Å²) in [6, 6.07) is 19.7. The predicted molar refractivity (Wildman–Crippen MR) is 152 cm³/mol. The van der Waals surface area contributed by atoms with Crippen LogP contribution < -0.4 is 10.6 Å². The van der Waals surface area contributed by atoms with Crippen molar-refractivity contribution in [1.29, 1.82) is 0 Å². The van der Waals surface area contributed by atoms with Gasteiger partial charge in [0.1, 0.15) is 11.6 Å². The lowest BCUT2D eigenvalue weighted by atomic mass is 9.98. The summed E-state index contributed by atoms with van der Waals surface area (Å²) < 4.78 is 5.26. The van der Waals surface area contributed by atoms with Gasteiger partial charge in [0.2, 0.25) is 0 Å². The first-order valence-electron chi connectivity index (χ1n) is 11.8. The number of amides is 3. The molecule has 0 aliphatic heterocycles. The molecular formula is C30H29N3O4S. The minimum atomic E-state index is -1.30. The van der Waals surface area contributed by atoms with E-state index in [0.717, 1.165) is 15.7 Å². The SMILES string of the molecule is C#Cc1ccccc1C(C(=O)Nc1ccc2ccccc2c1)N(C#C)C(=O)C(CS)NC(=O)OC(C)(C)C. The first kappa shape index (κ1) is 28.2. The number of benzene rings is 3. The van der Waals surface area contributed by atoms with Crippen molar-refractivity contribution in [3.63, 3.8) is 0 Å². The number of rotatable bonds is 7. The molecule has 0 heterocycles. The summed E-state index contributed by atoms with van der Waals surface area (Å²) in [7, 11) is 0. The van der Waals surface area contributed by atoms with Crippen molar-refractivity contribution in [1.82, 2.24) is 10.2 Å². The van der Waals surface area contributed by atoms with Gasteiger partial charge in [-0.25, -0.2) is 4.79 Å². The number of carbonyl (C=O) groups excluding carboxylic acids is 3. The van der Waals surface area contributed by atoms with Gasteiger partial charge in [0.15, 0.2) is 6.04 Å². The Morgan fingerprint density at radius 1 is 1.00 bits per heavy atom. The van der Waals surface area contributed by atoms with Crippen LogP contribution in [-0.2, 0) is 14.3 Å². The zero-order chi connectivity index (χ0) is 27.9. The number of nitrogens with one attached hydrogen (secondary N) is 2. The number of thiol groups is 1. The third kappa shape index (κ3) is 6.88. The second kappa shape index (κ2) is 12.2. The molecule has 3 amide bonds. The molecule has 0 aromatic heterocycles. The summed E-state index contributed by atoms with van der Waals surface area (Å²) in [5.74, 6) is 1.15. The predicted octanol–water partition coefficient (Wildman–Crippen LogP) is 4.74. The smallest absolute Gasteiger partial charge is 0.408 e. The molecule has 0 aliphatic carbocycles. The standard InChI is InChI=1S/C30H29N3O4S/c1-6-20-12-10-11-15-24(20)26(27(34)31-23-17-16-21-13-8-9-14-22(21)18-23)33(7-2)28(35)25(19-38)32-29(36)37-30(3,4)5/h1-2,8-18,25-26,38H,19H2,3-5H3,(H,31,34)(H,32,36). The lowest BCUT2D eigenvalue weighted by Crippen LogP contribution is -2.51. The molecule has 0 fully saturated rings. The van der Waals surface area contributed by atoms with E-state index >= 15 is 0 Å². The Bertz CT molecular complexity index is 1430. The lowest BCUT2D eigenvalue weighted by Gasteiger charge is -2.30.